The molecule has 3 heterocycles. The molecule has 2 aliphatic heterocycles. The lowest BCUT2D eigenvalue weighted by molar-refractivity contribution is 0.0749. The number of rotatable bonds is 6. The Bertz CT molecular complexity index is 1030. The van der Waals surface area contributed by atoms with Crippen molar-refractivity contribution in [2.45, 2.75) is 25.2 Å². The van der Waals surface area contributed by atoms with Gasteiger partial charge in [0.1, 0.15) is 5.82 Å². The van der Waals surface area contributed by atoms with E-state index in [-0.39, 0.29) is 17.6 Å². The number of likely N-dealkylation sites (tertiary alicyclic amines) is 2. The molecule has 2 atom stereocenters. The Labute approximate surface area is 195 Å². The number of hydrogen-bond donors (Lipinski definition) is 0. The van der Waals surface area contributed by atoms with Crippen LogP contribution in [0.1, 0.15) is 40.4 Å². The van der Waals surface area contributed by atoms with Crippen LogP contribution >= 0.6 is 0 Å². The first-order valence-electron chi connectivity index (χ1n) is 12.0. The molecule has 1 aromatic heterocycles. The Morgan fingerprint density at radius 2 is 1.70 bits per heavy atom. The minimum Gasteiger partial charge on any atom is -0.459 e. The number of furan rings is 1. The molecule has 5 heteroatoms. The number of piperidine rings is 1. The molecular formula is C28H31FN2O2. The molecule has 0 unspecified atom stereocenters. The van der Waals surface area contributed by atoms with Gasteiger partial charge >= 0.3 is 0 Å². The van der Waals surface area contributed by atoms with Gasteiger partial charge in [-0.2, -0.15) is 0 Å². The maximum Gasteiger partial charge on any atom is 0.289 e. The van der Waals surface area contributed by atoms with Gasteiger partial charge in [-0.05, 0) is 79.6 Å². The quantitative estimate of drug-likeness (QED) is 0.520. The number of halogens is 1. The number of benzene rings is 2. The van der Waals surface area contributed by atoms with E-state index >= 15 is 0 Å². The average Bonchev–Trinajstić information content (AvgIpc) is 3.52. The van der Waals surface area contributed by atoms with E-state index in [1.165, 1.54) is 36.8 Å². The highest BCUT2D eigenvalue weighted by Gasteiger charge is 2.38. The van der Waals surface area contributed by atoms with E-state index in [0.29, 0.717) is 24.8 Å². The summed E-state index contributed by atoms with van der Waals surface area (Å²) < 4.78 is 18.9. The molecule has 2 saturated heterocycles. The Morgan fingerprint density at radius 1 is 0.939 bits per heavy atom. The van der Waals surface area contributed by atoms with E-state index in [1.54, 1.807) is 12.1 Å². The molecule has 0 bridgehead atoms. The molecule has 0 saturated carbocycles. The number of carbonyl (C=O) groups excluding carboxylic acids is 1. The van der Waals surface area contributed by atoms with Crippen LogP contribution in [0.25, 0.3) is 0 Å². The zero-order valence-electron chi connectivity index (χ0n) is 18.9. The van der Waals surface area contributed by atoms with Crippen molar-refractivity contribution in [3.8, 4) is 0 Å². The van der Waals surface area contributed by atoms with Crippen molar-refractivity contribution in [2.24, 2.45) is 11.8 Å². The SMILES string of the molecule is O=C(c1ccco1)N1C[C@H](CN2CCC(Cc3ccccc3)CC2)[C@H](c2ccc(F)cc2)C1. The molecule has 1 amide bonds. The summed E-state index contributed by atoms with van der Waals surface area (Å²) >= 11 is 0. The highest BCUT2D eigenvalue weighted by atomic mass is 19.1. The fourth-order valence-corrected chi connectivity index (χ4v) is 5.52. The van der Waals surface area contributed by atoms with E-state index in [1.807, 2.05) is 17.0 Å². The van der Waals surface area contributed by atoms with Crippen molar-refractivity contribution in [1.29, 1.82) is 0 Å². The first-order valence-corrected chi connectivity index (χ1v) is 12.0. The molecule has 0 N–H and O–H groups in total. The Hall–Kier alpha value is -2.92. The zero-order valence-corrected chi connectivity index (χ0v) is 18.9. The standard InChI is InChI=1S/C28H31FN2O2/c29-25-10-8-23(9-11-25)26-20-31(28(32)27-7-4-16-33-27)19-24(26)18-30-14-12-22(13-15-30)17-21-5-2-1-3-6-21/h1-11,16,22,24,26H,12-15,17-20H2/t24-,26-/m0/s1. The number of amides is 1. The molecule has 33 heavy (non-hydrogen) atoms. The predicted octanol–water partition coefficient (Wildman–Crippen LogP) is 5.23. The van der Waals surface area contributed by atoms with Crippen LogP contribution in [0.15, 0.2) is 77.4 Å². The molecule has 0 aliphatic carbocycles. The second-order valence-corrected chi connectivity index (χ2v) is 9.54. The third-order valence-electron chi connectivity index (χ3n) is 7.33. The minimum absolute atomic E-state index is 0.0591. The molecule has 172 valence electrons. The molecule has 3 aromatic rings. The highest BCUT2D eigenvalue weighted by Crippen LogP contribution is 2.35. The van der Waals surface area contributed by atoms with Gasteiger partial charge in [0.25, 0.3) is 5.91 Å². The minimum atomic E-state index is -0.225. The molecular weight excluding hydrogens is 415 g/mol. The molecule has 4 nitrogen and oxygen atoms in total. The molecule has 5 rings (SSSR count). The van der Waals surface area contributed by atoms with Gasteiger partial charge in [0.05, 0.1) is 6.26 Å². The Balaban J connectivity index is 1.24. The summed E-state index contributed by atoms with van der Waals surface area (Å²) in [6.07, 6.45) is 5.11. The average molecular weight is 447 g/mol. The number of nitrogens with zero attached hydrogens (tertiary/aromatic N) is 2. The Morgan fingerprint density at radius 3 is 2.39 bits per heavy atom. The lowest BCUT2D eigenvalue weighted by Gasteiger charge is -2.34. The fourth-order valence-electron chi connectivity index (χ4n) is 5.52. The van der Waals surface area contributed by atoms with Gasteiger partial charge in [-0.15, -0.1) is 0 Å². The van der Waals surface area contributed by atoms with Gasteiger partial charge in [0.2, 0.25) is 0 Å². The summed E-state index contributed by atoms with van der Waals surface area (Å²) in [6, 6.07) is 21.0. The van der Waals surface area contributed by atoms with Gasteiger partial charge in [-0.25, -0.2) is 4.39 Å². The topological polar surface area (TPSA) is 36.7 Å². The molecule has 2 aliphatic rings. The van der Waals surface area contributed by atoms with Crippen molar-refractivity contribution >= 4 is 5.91 Å². The number of hydrogen-bond acceptors (Lipinski definition) is 3. The van der Waals surface area contributed by atoms with Gasteiger partial charge in [0, 0.05) is 25.6 Å². The summed E-state index contributed by atoms with van der Waals surface area (Å²) in [6.45, 7) is 4.49. The van der Waals surface area contributed by atoms with Crippen LogP contribution in [0.3, 0.4) is 0 Å². The zero-order chi connectivity index (χ0) is 22.6. The molecule has 2 aromatic carbocycles. The van der Waals surface area contributed by atoms with E-state index in [9.17, 15) is 9.18 Å². The predicted molar refractivity (Wildman–Crippen MR) is 127 cm³/mol. The maximum absolute atomic E-state index is 13.5. The first-order chi connectivity index (χ1) is 16.2. The van der Waals surface area contributed by atoms with Crippen molar-refractivity contribution in [1.82, 2.24) is 9.80 Å². The third-order valence-corrected chi connectivity index (χ3v) is 7.33. The summed E-state index contributed by atoms with van der Waals surface area (Å²) in [4.78, 5) is 17.4. The summed E-state index contributed by atoms with van der Waals surface area (Å²) in [5.74, 6) is 1.35. The fraction of sp³-hybridized carbons (Fsp3) is 0.393. The lowest BCUT2D eigenvalue weighted by atomic mass is 9.86. The van der Waals surface area contributed by atoms with Crippen LogP contribution in [0, 0.1) is 17.7 Å². The summed E-state index contributed by atoms with van der Waals surface area (Å²) in [5.41, 5.74) is 2.53. The van der Waals surface area contributed by atoms with Crippen molar-refractivity contribution in [3.05, 3.63) is 95.7 Å². The largest absolute Gasteiger partial charge is 0.459 e. The van der Waals surface area contributed by atoms with E-state index in [4.69, 9.17) is 4.42 Å². The van der Waals surface area contributed by atoms with E-state index in [2.05, 4.69) is 35.2 Å². The normalized spacial score (nSPS) is 22.0. The van der Waals surface area contributed by atoms with Crippen LogP contribution in [0.4, 0.5) is 4.39 Å². The second-order valence-electron chi connectivity index (χ2n) is 9.54. The van der Waals surface area contributed by atoms with E-state index in [0.717, 1.165) is 37.5 Å². The van der Waals surface area contributed by atoms with Crippen LogP contribution in [-0.2, 0) is 6.42 Å². The number of carbonyl (C=O) groups is 1. The van der Waals surface area contributed by atoms with Crippen molar-refractivity contribution in [2.75, 3.05) is 32.7 Å². The van der Waals surface area contributed by atoms with Crippen LogP contribution in [0.5, 0.6) is 0 Å². The summed E-state index contributed by atoms with van der Waals surface area (Å²) in [5, 5.41) is 0. The summed E-state index contributed by atoms with van der Waals surface area (Å²) in [7, 11) is 0. The first kappa shape index (κ1) is 21.9. The monoisotopic (exact) mass is 446 g/mol. The smallest absolute Gasteiger partial charge is 0.289 e. The maximum atomic E-state index is 13.5. The second kappa shape index (κ2) is 9.92. The van der Waals surface area contributed by atoms with E-state index < -0.39 is 0 Å². The molecule has 2 fully saturated rings. The molecule has 0 radical (unpaired) electrons. The van der Waals surface area contributed by atoms with Gasteiger partial charge in [-0.3, -0.25) is 4.79 Å². The van der Waals surface area contributed by atoms with Gasteiger partial charge in [-0.1, -0.05) is 42.5 Å². The highest BCUT2D eigenvalue weighted by molar-refractivity contribution is 5.91. The molecule has 0 spiro atoms. The van der Waals surface area contributed by atoms with Gasteiger partial charge < -0.3 is 14.2 Å². The van der Waals surface area contributed by atoms with Crippen molar-refractivity contribution in [3.63, 3.8) is 0 Å². The van der Waals surface area contributed by atoms with Crippen LogP contribution < -0.4 is 0 Å². The lowest BCUT2D eigenvalue weighted by Crippen LogP contribution is -2.39. The van der Waals surface area contributed by atoms with Gasteiger partial charge in [0.15, 0.2) is 5.76 Å². The van der Waals surface area contributed by atoms with Crippen LogP contribution in [0.2, 0.25) is 0 Å². The third kappa shape index (κ3) is 5.19. The van der Waals surface area contributed by atoms with Crippen molar-refractivity contribution < 1.29 is 13.6 Å². The Kier molecular flexibility index (Phi) is 6.58. The van der Waals surface area contributed by atoms with Crippen LogP contribution in [-0.4, -0.2) is 48.4 Å².